The number of ether oxygens (including phenoxy) is 1. The Hall–Kier alpha value is -1.03. The van der Waals surface area contributed by atoms with Crippen LogP contribution in [0.5, 0.6) is 0 Å². The molecule has 1 unspecified atom stereocenters. The highest BCUT2D eigenvalue weighted by atomic mass is 16.6. The lowest BCUT2D eigenvalue weighted by Crippen LogP contribution is -2.40. The van der Waals surface area contributed by atoms with E-state index in [1.807, 2.05) is 20.8 Å². The van der Waals surface area contributed by atoms with Crippen LogP contribution in [0.25, 0.3) is 0 Å². The molecule has 19 heavy (non-hydrogen) atoms. The highest BCUT2D eigenvalue weighted by Gasteiger charge is 2.23. The van der Waals surface area contributed by atoms with Crippen LogP contribution in [0, 0.1) is 0 Å². The highest BCUT2D eigenvalue weighted by molar-refractivity contribution is 5.68. The van der Waals surface area contributed by atoms with Gasteiger partial charge in [0, 0.05) is 25.7 Å². The van der Waals surface area contributed by atoms with Crippen molar-refractivity contribution in [2.45, 2.75) is 59.1 Å². The summed E-state index contributed by atoms with van der Waals surface area (Å²) in [5.41, 5.74) is 0.972. The van der Waals surface area contributed by atoms with Crippen LogP contribution in [0.4, 0.5) is 4.79 Å². The van der Waals surface area contributed by atoms with E-state index in [1.54, 1.807) is 4.90 Å². The molecule has 0 aliphatic carbocycles. The van der Waals surface area contributed by atoms with E-state index in [9.17, 15) is 4.79 Å². The quantitative estimate of drug-likeness (QED) is 0.797. The first-order chi connectivity index (χ1) is 8.81. The number of carbonyl (C=O) groups is 1. The van der Waals surface area contributed by atoms with Gasteiger partial charge in [-0.1, -0.05) is 18.6 Å². The maximum Gasteiger partial charge on any atom is 0.410 e. The predicted molar refractivity (Wildman–Crippen MR) is 78.3 cm³/mol. The van der Waals surface area contributed by atoms with Crippen LogP contribution >= 0.6 is 0 Å². The lowest BCUT2D eigenvalue weighted by Gasteiger charge is -2.29. The average Bonchev–Trinajstić information content (AvgIpc) is 2.34. The van der Waals surface area contributed by atoms with Gasteiger partial charge >= 0.3 is 6.09 Å². The van der Waals surface area contributed by atoms with Crippen LogP contribution in [-0.4, -0.2) is 42.3 Å². The molecule has 0 radical (unpaired) electrons. The molecule has 0 aromatic carbocycles. The van der Waals surface area contributed by atoms with Crippen molar-refractivity contribution in [2.24, 2.45) is 0 Å². The largest absolute Gasteiger partial charge is 0.444 e. The average molecular weight is 268 g/mol. The van der Waals surface area contributed by atoms with Gasteiger partial charge in [0.2, 0.25) is 0 Å². The minimum absolute atomic E-state index is 0.210. The topological polar surface area (TPSA) is 41.6 Å². The number of hydrogen-bond acceptors (Lipinski definition) is 3. The molecule has 0 saturated carbocycles. The van der Waals surface area contributed by atoms with Gasteiger partial charge in [-0.25, -0.2) is 4.79 Å². The summed E-state index contributed by atoms with van der Waals surface area (Å²) in [6.07, 6.45) is 4.00. The van der Waals surface area contributed by atoms with Crippen LogP contribution in [0.3, 0.4) is 0 Å². The van der Waals surface area contributed by atoms with E-state index in [0.717, 1.165) is 25.9 Å². The second kappa shape index (κ2) is 6.94. The number of nitrogens with zero attached hydrogens (tertiary/aromatic N) is 1. The monoisotopic (exact) mass is 268 g/mol. The van der Waals surface area contributed by atoms with Crippen LogP contribution in [0.2, 0.25) is 0 Å². The molecule has 4 heteroatoms. The molecule has 0 saturated heterocycles. The molecule has 4 nitrogen and oxygen atoms in total. The van der Waals surface area contributed by atoms with Gasteiger partial charge in [0.1, 0.15) is 5.60 Å². The SMILES string of the molecule is CCC(C)NCC1=CCN(C(=O)OC(C)(C)C)CC1. The predicted octanol–water partition coefficient (Wildman–Crippen LogP) is 2.94. The summed E-state index contributed by atoms with van der Waals surface area (Å²) >= 11 is 0. The van der Waals surface area contributed by atoms with E-state index in [0.29, 0.717) is 12.6 Å². The van der Waals surface area contributed by atoms with Gasteiger partial charge < -0.3 is 15.0 Å². The highest BCUT2D eigenvalue weighted by Crippen LogP contribution is 2.15. The summed E-state index contributed by atoms with van der Waals surface area (Å²) in [5, 5.41) is 3.48. The molecule has 1 heterocycles. The fourth-order valence-corrected chi connectivity index (χ4v) is 1.81. The molecular weight excluding hydrogens is 240 g/mol. The summed E-state index contributed by atoms with van der Waals surface area (Å²) in [4.78, 5) is 13.7. The molecule has 0 fully saturated rings. The third-order valence-corrected chi connectivity index (χ3v) is 3.24. The fraction of sp³-hybridized carbons (Fsp3) is 0.800. The zero-order chi connectivity index (χ0) is 14.5. The lowest BCUT2D eigenvalue weighted by atomic mass is 10.1. The van der Waals surface area contributed by atoms with Gasteiger partial charge in [-0.05, 0) is 40.5 Å². The van der Waals surface area contributed by atoms with E-state index in [-0.39, 0.29) is 6.09 Å². The first kappa shape index (κ1) is 16.0. The van der Waals surface area contributed by atoms with Crippen molar-refractivity contribution in [3.8, 4) is 0 Å². The summed E-state index contributed by atoms with van der Waals surface area (Å²) in [6.45, 7) is 12.4. The van der Waals surface area contributed by atoms with Crippen molar-refractivity contribution in [1.29, 1.82) is 0 Å². The minimum Gasteiger partial charge on any atom is -0.444 e. The van der Waals surface area contributed by atoms with Crippen molar-refractivity contribution in [1.82, 2.24) is 10.2 Å². The first-order valence-corrected chi connectivity index (χ1v) is 7.21. The molecule has 0 spiro atoms. The first-order valence-electron chi connectivity index (χ1n) is 7.21. The Morgan fingerprint density at radius 1 is 1.53 bits per heavy atom. The van der Waals surface area contributed by atoms with Gasteiger partial charge in [0.05, 0.1) is 0 Å². The molecule has 0 aromatic rings. The Balaban J connectivity index is 2.38. The summed E-state index contributed by atoms with van der Waals surface area (Å²) < 4.78 is 5.37. The summed E-state index contributed by atoms with van der Waals surface area (Å²) in [5.74, 6) is 0. The third-order valence-electron chi connectivity index (χ3n) is 3.24. The summed E-state index contributed by atoms with van der Waals surface area (Å²) in [6, 6.07) is 0.546. The van der Waals surface area contributed by atoms with E-state index >= 15 is 0 Å². The van der Waals surface area contributed by atoms with Crippen LogP contribution in [-0.2, 0) is 4.74 Å². The standard InChI is InChI=1S/C15H28N2O2/c1-6-12(2)16-11-13-7-9-17(10-8-13)14(18)19-15(3,4)5/h7,12,16H,6,8-11H2,1-5H3. The minimum atomic E-state index is -0.417. The van der Waals surface area contributed by atoms with E-state index in [1.165, 1.54) is 5.57 Å². The molecule has 1 atom stereocenters. The second-order valence-electron chi connectivity index (χ2n) is 6.23. The van der Waals surface area contributed by atoms with Gasteiger partial charge in [0.25, 0.3) is 0 Å². The number of rotatable bonds is 4. The number of nitrogens with one attached hydrogen (secondary N) is 1. The fourth-order valence-electron chi connectivity index (χ4n) is 1.81. The number of hydrogen-bond donors (Lipinski definition) is 1. The Morgan fingerprint density at radius 3 is 2.68 bits per heavy atom. The zero-order valence-corrected chi connectivity index (χ0v) is 13.0. The number of carbonyl (C=O) groups excluding carboxylic acids is 1. The van der Waals surface area contributed by atoms with Crippen molar-refractivity contribution in [3.63, 3.8) is 0 Å². The Bertz CT molecular complexity index is 332. The van der Waals surface area contributed by atoms with Gasteiger partial charge in [-0.15, -0.1) is 0 Å². The lowest BCUT2D eigenvalue weighted by molar-refractivity contribution is 0.0265. The molecule has 1 N–H and O–H groups in total. The van der Waals surface area contributed by atoms with Gasteiger partial charge in [-0.3, -0.25) is 0 Å². The second-order valence-corrected chi connectivity index (χ2v) is 6.23. The van der Waals surface area contributed by atoms with Crippen molar-refractivity contribution in [3.05, 3.63) is 11.6 Å². The molecule has 110 valence electrons. The third kappa shape index (κ3) is 6.10. The van der Waals surface area contributed by atoms with Crippen LogP contribution in [0.1, 0.15) is 47.5 Å². The van der Waals surface area contributed by atoms with Crippen molar-refractivity contribution >= 4 is 6.09 Å². The van der Waals surface area contributed by atoms with E-state index in [2.05, 4.69) is 25.2 Å². The Labute approximate surface area is 117 Å². The van der Waals surface area contributed by atoms with Gasteiger partial charge in [-0.2, -0.15) is 0 Å². The molecule has 0 bridgehead atoms. The maximum atomic E-state index is 11.9. The molecule has 1 rings (SSSR count). The zero-order valence-electron chi connectivity index (χ0n) is 13.0. The van der Waals surface area contributed by atoms with Gasteiger partial charge in [0.15, 0.2) is 0 Å². The molecule has 0 aromatic heterocycles. The summed E-state index contributed by atoms with van der Waals surface area (Å²) in [7, 11) is 0. The molecule has 1 aliphatic heterocycles. The Morgan fingerprint density at radius 2 is 2.21 bits per heavy atom. The van der Waals surface area contributed by atoms with E-state index in [4.69, 9.17) is 4.74 Å². The normalized spacial score (nSPS) is 17.9. The molecule has 1 amide bonds. The Kier molecular flexibility index (Phi) is 5.85. The smallest absolute Gasteiger partial charge is 0.410 e. The van der Waals surface area contributed by atoms with Crippen LogP contribution in [0.15, 0.2) is 11.6 Å². The van der Waals surface area contributed by atoms with Crippen molar-refractivity contribution in [2.75, 3.05) is 19.6 Å². The van der Waals surface area contributed by atoms with Crippen molar-refractivity contribution < 1.29 is 9.53 Å². The molecular formula is C15H28N2O2. The maximum absolute atomic E-state index is 11.9. The van der Waals surface area contributed by atoms with E-state index < -0.39 is 5.60 Å². The number of amides is 1. The van der Waals surface area contributed by atoms with Crippen LogP contribution < -0.4 is 5.32 Å². The molecule has 1 aliphatic rings.